The second-order valence-electron chi connectivity index (χ2n) is 6.48. The number of carbonyl (C=O) groups is 1. The van der Waals surface area contributed by atoms with Crippen LogP contribution in [0.2, 0.25) is 0 Å². The van der Waals surface area contributed by atoms with Crippen LogP contribution in [0.4, 0.5) is 0 Å². The molecule has 0 bridgehead atoms. The number of carbonyl (C=O) groups excluding carboxylic acids is 1. The van der Waals surface area contributed by atoms with Crippen LogP contribution < -0.4 is 5.32 Å². The first kappa shape index (κ1) is 18.8. The first-order chi connectivity index (χ1) is 10.3. The van der Waals surface area contributed by atoms with E-state index in [0.29, 0.717) is 17.2 Å². The molecule has 22 heavy (non-hydrogen) atoms. The van der Waals surface area contributed by atoms with E-state index >= 15 is 0 Å². The maximum atomic E-state index is 12.5. The van der Waals surface area contributed by atoms with E-state index in [2.05, 4.69) is 24.1 Å². The lowest BCUT2D eigenvalue weighted by Gasteiger charge is -2.24. The SMILES string of the molecule is CC(C)CC(CN(C)C)NC(=O)c1cccc(CS(C)=O)c1. The molecular weight excluding hydrogens is 296 g/mol. The number of nitrogens with one attached hydrogen (secondary N) is 1. The molecule has 0 aliphatic heterocycles. The fraction of sp³-hybridized carbons (Fsp3) is 0.588. The summed E-state index contributed by atoms with van der Waals surface area (Å²) in [5.41, 5.74) is 1.57. The summed E-state index contributed by atoms with van der Waals surface area (Å²) in [6.45, 7) is 5.14. The van der Waals surface area contributed by atoms with E-state index in [-0.39, 0.29) is 11.9 Å². The third kappa shape index (κ3) is 7.18. The van der Waals surface area contributed by atoms with Gasteiger partial charge in [-0.3, -0.25) is 9.00 Å². The number of amides is 1. The summed E-state index contributed by atoms with van der Waals surface area (Å²) in [5, 5.41) is 3.12. The Balaban J connectivity index is 2.78. The number of benzene rings is 1. The molecule has 2 atom stereocenters. The topological polar surface area (TPSA) is 49.4 Å². The Morgan fingerprint density at radius 3 is 2.55 bits per heavy atom. The Morgan fingerprint density at radius 1 is 1.32 bits per heavy atom. The Hall–Kier alpha value is -1.20. The lowest BCUT2D eigenvalue weighted by Crippen LogP contribution is -2.42. The van der Waals surface area contributed by atoms with Crippen molar-refractivity contribution in [1.82, 2.24) is 10.2 Å². The monoisotopic (exact) mass is 324 g/mol. The van der Waals surface area contributed by atoms with Crippen molar-refractivity contribution in [2.45, 2.75) is 32.1 Å². The number of hydrogen-bond acceptors (Lipinski definition) is 3. The van der Waals surface area contributed by atoms with Gasteiger partial charge >= 0.3 is 0 Å². The first-order valence-electron chi connectivity index (χ1n) is 7.62. The maximum Gasteiger partial charge on any atom is 0.251 e. The summed E-state index contributed by atoms with van der Waals surface area (Å²) in [6, 6.07) is 7.52. The highest BCUT2D eigenvalue weighted by atomic mass is 32.2. The molecule has 1 rings (SSSR count). The van der Waals surface area contributed by atoms with Crippen LogP contribution in [0.3, 0.4) is 0 Å². The largest absolute Gasteiger partial charge is 0.348 e. The highest BCUT2D eigenvalue weighted by Crippen LogP contribution is 2.10. The van der Waals surface area contributed by atoms with Crippen molar-refractivity contribution in [3.05, 3.63) is 35.4 Å². The molecule has 4 nitrogen and oxygen atoms in total. The highest BCUT2D eigenvalue weighted by Gasteiger charge is 2.16. The van der Waals surface area contributed by atoms with Gasteiger partial charge in [0.1, 0.15) is 0 Å². The summed E-state index contributed by atoms with van der Waals surface area (Å²) in [4.78, 5) is 14.5. The van der Waals surface area contributed by atoms with Gasteiger partial charge in [-0.2, -0.15) is 0 Å². The highest BCUT2D eigenvalue weighted by molar-refractivity contribution is 7.83. The van der Waals surface area contributed by atoms with Crippen LogP contribution in [0.15, 0.2) is 24.3 Å². The van der Waals surface area contributed by atoms with Gasteiger partial charge in [-0.05, 0) is 44.1 Å². The molecule has 0 aliphatic rings. The molecule has 2 unspecified atom stereocenters. The van der Waals surface area contributed by atoms with E-state index in [1.165, 1.54) is 0 Å². The Labute approximate surface area is 136 Å². The second kappa shape index (κ2) is 9.06. The van der Waals surface area contributed by atoms with E-state index in [9.17, 15) is 9.00 Å². The van der Waals surface area contributed by atoms with Gasteiger partial charge in [0.2, 0.25) is 0 Å². The normalized spacial score (nSPS) is 14.1. The minimum atomic E-state index is -0.903. The van der Waals surface area contributed by atoms with E-state index in [1.54, 1.807) is 12.3 Å². The van der Waals surface area contributed by atoms with Crippen LogP contribution in [-0.4, -0.2) is 48.0 Å². The molecule has 124 valence electrons. The number of hydrogen-bond donors (Lipinski definition) is 1. The molecule has 1 N–H and O–H groups in total. The van der Waals surface area contributed by atoms with Gasteiger partial charge in [0.05, 0.1) is 0 Å². The zero-order valence-corrected chi connectivity index (χ0v) is 15.1. The average molecular weight is 324 g/mol. The van der Waals surface area contributed by atoms with E-state index in [4.69, 9.17) is 0 Å². The summed E-state index contributed by atoms with van der Waals surface area (Å²) < 4.78 is 11.3. The van der Waals surface area contributed by atoms with Crippen molar-refractivity contribution >= 4 is 16.7 Å². The van der Waals surface area contributed by atoms with Crippen molar-refractivity contribution in [2.75, 3.05) is 26.9 Å². The summed E-state index contributed by atoms with van der Waals surface area (Å²) >= 11 is 0. The molecule has 0 radical (unpaired) electrons. The predicted molar refractivity (Wildman–Crippen MR) is 93.5 cm³/mol. The van der Waals surface area contributed by atoms with Crippen LogP contribution in [0.1, 0.15) is 36.2 Å². The number of rotatable bonds is 8. The third-order valence-electron chi connectivity index (χ3n) is 3.24. The zero-order chi connectivity index (χ0) is 16.7. The zero-order valence-electron chi connectivity index (χ0n) is 14.3. The number of nitrogens with zero attached hydrogens (tertiary/aromatic N) is 1. The van der Waals surface area contributed by atoms with Crippen molar-refractivity contribution in [2.24, 2.45) is 5.92 Å². The van der Waals surface area contributed by atoms with Gasteiger partial charge < -0.3 is 10.2 Å². The third-order valence-corrected chi connectivity index (χ3v) is 3.98. The Bertz CT molecular complexity index is 505. The van der Waals surface area contributed by atoms with Gasteiger partial charge in [0.15, 0.2) is 0 Å². The summed E-state index contributed by atoms with van der Waals surface area (Å²) in [5.74, 6) is 0.948. The molecule has 0 heterocycles. The van der Waals surface area contributed by atoms with Crippen LogP contribution in [0.25, 0.3) is 0 Å². The molecule has 1 amide bonds. The van der Waals surface area contributed by atoms with Crippen molar-refractivity contribution in [3.63, 3.8) is 0 Å². The fourth-order valence-corrected chi connectivity index (χ4v) is 3.14. The number of likely N-dealkylation sites (N-methyl/N-ethyl adjacent to an activating group) is 1. The van der Waals surface area contributed by atoms with E-state index < -0.39 is 10.8 Å². The van der Waals surface area contributed by atoms with Crippen LogP contribution in [0.5, 0.6) is 0 Å². The molecule has 0 saturated carbocycles. The van der Waals surface area contributed by atoms with Crippen molar-refractivity contribution < 1.29 is 9.00 Å². The maximum absolute atomic E-state index is 12.5. The predicted octanol–water partition coefficient (Wildman–Crippen LogP) is 2.27. The minimum absolute atomic E-state index is 0.0590. The quantitative estimate of drug-likeness (QED) is 0.798. The molecule has 0 aliphatic carbocycles. The standard InChI is InChI=1S/C17H28N2O2S/c1-13(2)9-16(11-19(3)4)18-17(20)15-8-6-7-14(10-15)12-22(5)21/h6-8,10,13,16H,9,11-12H2,1-5H3,(H,18,20). The molecule has 0 spiro atoms. The van der Waals surface area contributed by atoms with Crippen LogP contribution >= 0.6 is 0 Å². The average Bonchev–Trinajstić information content (AvgIpc) is 2.36. The van der Waals surface area contributed by atoms with Crippen LogP contribution in [-0.2, 0) is 16.6 Å². The molecule has 1 aromatic rings. The van der Waals surface area contributed by atoms with Gasteiger partial charge in [-0.15, -0.1) is 0 Å². The van der Waals surface area contributed by atoms with Gasteiger partial charge in [0, 0.05) is 41.0 Å². The molecule has 0 saturated heterocycles. The molecule has 5 heteroatoms. The van der Waals surface area contributed by atoms with Gasteiger partial charge in [0.25, 0.3) is 5.91 Å². The molecular formula is C17H28N2O2S. The van der Waals surface area contributed by atoms with E-state index in [1.807, 2.05) is 32.3 Å². The Morgan fingerprint density at radius 2 is 2.00 bits per heavy atom. The smallest absolute Gasteiger partial charge is 0.251 e. The second-order valence-corrected chi connectivity index (χ2v) is 7.92. The molecule has 1 aromatic carbocycles. The van der Waals surface area contributed by atoms with Gasteiger partial charge in [-0.25, -0.2) is 0 Å². The lowest BCUT2D eigenvalue weighted by atomic mass is 10.0. The van der Waals surface area contributed by atoms with Gasteiger partial charge in [-0.1, -0.05) is 26.0 Å². The summed E-state index contributed by atoms with van der Waals surface area (Å²) in [6.07, 6.45) is 2.62. The molecule has 0 aromatic heterocycles. The van der Waals surface area contributed by atoms with Crippen molar-refractivity contribution in [3.8, 4) is 0 Å². The molecule has 0 fully saturated rings. The minimum Gasteiger partial charge on any atom is -0.348 e. The fourth-order valence-electron chi connectivity index (χ4n) is 2.49. The van der Waals surface area contributed by atoms with Crippen LogP contribution in [0, 0.1) is 5.92 Å². The first-order valence-corrected chi connectivity index (χ1v) is 9.35. The van der Waals surface area contributed by atoms with Crippen molar-refractivity contribution in [1.29, 1.82) is 0 Å². The summed E-state index contributed by atoms with van der Waals surface area (Å²) in [7, 11) is 3.12. The van der Waals surface area contributed by atoms with E-state index in [0.717, 1.165) is 18.5 Å². The Kier molecular flexibility index (Phi) is 7.76. The lowest BCUT2D eigenvalue weighted by molar-refractivity contribution is 0.0924.